The first-order chi connectivity index (χ1) is 9.81. The third-order valence-electron chi connectivity index (χ3n) is 4.87. The molecule has 0 spiro atoms. The number of nitrogens with one attached hydrogen (secondary N) is 1. The summed E-state index contributed by atoms with van der Waals surface area (Å²) in [6.07, 6.45) is 2.71. The van der Waals surface area contributed by atoms with Crippen LogP contribution in [0.3, 0.4) is 0 Å². The van der Waals surface area contributed by atoms with Crippen molar-refractivity contribution in [3.63, 3.8) is 0 Å². The van der Waals surface area contributed by atoms with Crippen LogP contribution in [0.15, 0.2) is 40.9 Å². The summed E-state index contributed by atoms with van der Waals surface area (Å²) in [5.74, 6) is 0.849. The van der Waals surface area contributed by atoms with Gasteiger partial charge in [-0.2, -0.15) is 0 Å². The topological polar surface area (TPSA) is 15.3 Å². The Bertz CT molecular complexity index is 632. The third kappa shape index (κ3) is 2.13. The highest BCUT2D eigenvalue weighted by Crippen LogP contribution is 2.34. The van der Waals surface area contributed by atoms with E-state index in [1.54, 1.807) is 0 Å². The van der Waals surface area contributed by atoms with Gasteiger partial charge in [0.2, 0.25) is 0 Å². The van der Waals surface area contributed by atoms with Crippen LogP contribution >= 0.6 is 15.9 Å². The monoisotopic (exact) mass is 330 g/mol. The summed E-state index contributed by atoms with van der Waals surface area (Å²) in [6, 6.07) is 13.6. The fourth-order valence-electron chi connectivity index (χ4n) is 3.72. The second kappa shape index (κ2) is 5.05. The molecule has 1 N–H and O–H groups in total. The first-order valence-corrected chi connectivity index (χ1v) is 8.27. The molecule has 104 valence electrons. The molecule has 1 atom stereocenters. The first-order valence-electron chi connectivity index (χ1n) is 7.47. The van der Waals surface area contributed by atoms with E-state index in [9.17, 15) is 0 Å². The Morgan fingerprint density at radius 2 is 1.75 bits per heavy atom. The molecule has 3 aliphatic rings. The molecule has 2 aromatic rings. The molecule has 3 fully saturated rings. The van der Waals surface area contributed by atoms with Crippen molar-refractivity contribution < 1.29 is 0 Å². The van der Waals surface area contributed by atoms with Crippen LogP contribution in [-0.4, -0.2) is 30.6 Å². The predicted molar refractivity (Wildman–Crippen MR) is 88.2 cm³/mol. The molecule has 0 amide bonds. The summed E-state index contributed by atoms with van der Waals surface area (Å²) < 4.78 is 1.17. The normalized spacial score (nSPS) is 28.8. The van der Waals surface area contributed by atoms with E-state index in [-0.39, 0.29) is 0 Å². The molecule has 3 saturated heterocycles. The van der Waals surface area contributed by atoms with Crippen LogP contribution in [0.5, 0.6) is 0 Å². The molecule has 20 heavy (non-hydrogen) atoms. The molecule has 0 aromatic heterocycles. The van der Waals surface area contributed by atoms with Crippen molar-refractivity contribution in [2.24, 2.45) is 5.92 Å². The van der Waals surface area contributed by atoms with E-state index >= 15 is 0 Å². The van der Waals surface area contributed by atoms with Gasteiger partial charge in [0.25, 0.3) is 0 Å². The van der Waals surface area contributed by atoms with E-state index in [1.807, 2.05) is 0 Å². The molecular formula is C17H19BrN2. The van der Waals surface area contributed by atoms with Crippen molar-refractivity contribution in [3.05, 3.63) is 40.9 Å². The third-order valence-corrected chi connectivity index (χ3v) is 5.56. The lowest BCUT2D eigenvalue weighted by molar-refractivity contribution is 0.0976. The number of hydrogen-bond acceptors (Lipinski definition) is 2. The summed E-state index contributed by atoms with van der Waals surface area (Å²) >= 11 is 3.65. The summed E-state index contributed by atoms with van der Waals surface area (Å²) in [5, 5.41) is 6.43. The van der Waals surface area contributed by atoms with E-state index in [1.165, 1.54) is 53.4 Å². The number of fused-ring (bicyclic) bond motifs is 4. The zero-order chi connectivity index (χ0) is 13.5. The maximum absolute atomic E-state index is 3.82. The molecule has 0 aliphatic carbocycles. The number of anilines is 1. The van der Waals surface area contributed by atoms with E-state index in [4.69, 9.17) is 0 Å². The number of benzene rings is 2. The average Bonchev–Trinajstić information content (AvgIpc) is 2.52. The Morgan fingerprint density at radius 1 is 1.00 bits per heavy atom. The Balaban J connectivity index is 1.68. The highest BCUT2D eigenvalue weighted by atomic mass is 79.9. The number of rotatable bonds is 2. The molecule has 2 nitrogen and oxygen atoms in total. The van der Waals surface area contributed by atoms with Gasteiger partial charge in [-0.15, -0.1) is 0 Å². The molecule has 0 radical (unpaired) electrons. The van der Waals surface area contributed by atoms with Crippen LogP contribution in [0.2, 0.25) is 0 Å². The SMILES string of the molecule is Brc1ccc(NC2CN3CCC2CC3)c2ccccc12. The number of hydrogen-bond donors (Lipinski definition) is 1. The maximum Gasteiger partial charge on any atom is 0.0423 e. The highest BCUT2D eigenvalue weighted by molar-refractivity contribution is 9.10. The standard InChI is InChI=1S/C17H19BrN2/c18-15-5-6-16(14-4-2-1-3-13(14)15)19-17-11-20-9-7-12(17)8-10-20/h1-6,12,17,19H,7-11H2. The predicted octanol–water partition coefficient (Wildman–Crippen LogP) is 4.11. The zero-order valence-electron chi connectivity index (χ0n) is 11.5. The van der Waals surface area contributed by atoms with Gasteiger partial charge < -0.3 is 10.2 Å². The van der Waals surface area contributed by atoms with Gasteiger partial charge in [-0.1, -0.05) is 40.2 Å². The van der Waals surface area contributed by atoms with Gasteiger partial charge in [0, 0.05) is 28.1 Å². The van der Waals surface area contributed by atoms with Crippen LogP contribution in [0.25, 0.3) is 10.8 Å². The fourth-order valence-corrected chi connectivity index (χ4v) is 4.19. The zero-order valence-corrected chi connectivity index (χ0v) is 13.1. The minimum atomic E-state index is 0.613. The van der Waals surface area contributed by atoms with Crippen LogP contribution in [0, 0.1) is 5.92 Å². The summed E-state index contributed by atoms with van der Waals surface area (Å²) in [4.78, 5) is 2.60. The van der Waals surface area contributed by atoms with Crippen LogP contribution in [-0.2, 0) is 0 Å². The van der Waals surface area contributed by atoms with Crippen molar-refractivity contribution in [1.82, 2.24) is 4.90 Å². The van der Waals surface area contributed by atoms with E-state index < -0.39 is 0 Å². The van der Waals surface area contributed by atoms with Crippen LogP contribution in [0.1, 0.15) is 12.8 Å². The Hall–Kier alpha value is -1.06. The molecule has 2 aromatic carbocycles. The van der Waals surface area contributed by atoms with Gasteiger partial charge in [-0.05, 0) is 49.4 Å². The fraction of sp³-hybridized carbons (Fsp3) is 0.412. The van der Waals surface area contributed by atoms with Crippen molar-refractivity contribution >= 4 is 32.4 Å². The molecule has 1 unspecified atom stereocenters. The van der Waals surface area contributed by atoms with Crippen LogP contribution < -0.4 is 5.32 Å². The molecule has 3 heterocycles. The second-order valence-corrected chi connectivity index (χ2v) is 6.88. The highest BCUT2D eigenvalue weighted by Gasteiger charge is 2.34. The average molecular weight is 331 g/mol. The minimum absolute atomic E-state index is 0.613. The van der Waals surface area contributed by atoms with E-state index in [0.29, 0.717) is 6.04 Å². The number of piperidine rings is 3. The Kier molecular flexibility index (Phi) is 3.20. The Labute approximate surface area is 128 Å². The Morgan fingerprint density at radius 3 is 2.45 bits per heavy atom. The second-order valence-electron chi connectivity index (χ2n) is 6.03. The molecule has 2 bridgehead atoms. The first kappa shape index (κ1) is 12.7. The van der Waals surface area contributed by atoms with Gasteiger partial charge in [-0.25, -0.2) is 0 Å². The van der Waals surface area contributed by atoms with Gasteiger partial charge in [0.15, 0.2) is 0 Å². The van der Waals surface area contributed by atoms with Crippen molar-refractivity contribution in [2.45, 2.75) is 18.9 Å². The molecule has 0 saturated carbocycles. The summed E-state index contributed by atoms with van der Waals surface area (Å²) in [6.45, 7) is 3.79. The van der Waals surface area contributed by atoms with Gasteiger partial charge in [0.1, 0.15) is 0 Å². The van der Waals surface area contributed by atoms with E-state index in [2.05, 4.69) is 62.5 Å². The van der Waals surface area contributed by atoms with E-state index in [0.717, 1.165) is 5.92 Å². The van der Waals surface area contributed by atoms with Crippen molar-refractivity contribution in [1.29, 1.82) is 0 Å². The van der Waals surface area contributed by atoms with Gasteiger partial charge in [-0.3, -0.25) is 0 Å². The molecule has 5 rings (SSSR count). The van der Waals surface area contributed by atoms with Crippen LogP contribution in [0.4, 0.5) is 5.69 Å². The van der Waals surface area contributed by atoms with Gasteiger partial charge in [0.05, 0.1) is 0 Å². The minimum Gasteiger partial charge on any atom is -0.380 e. The number of nitrogens with zero attached hydrogens (tertiary/aromatic N) is 1. The molecule has 3 heteroatoms. The lowest BCUT2D eigenvalue weighted by Gasteiger charge is -2.45. The number of halogens is 1. The quantitative estimate of drug-likeness (QED) is 0.891. The molecule has 3 aliphatic heterocycles. The summed E-state index contributed by atoms with van der Waals surface area (Å²) in [5.41, 5.74) is 1.28. The largest absolute Gasteiger partial charge is 0.380 e. The maximum atomic E-state index is 3.82. The van der Waals surface area contributed by atoms with Gasteiger partial charge >= 0.3 is 0 Å². The summed E-state index contributed by atoms with van der Waals surface area (Å²) in [7, 11) is 0. The molecular weight excluding hydrogens is 312 g/mol. The smallest absolute Gasteiger partial charge is 0.0423 e. The lowest BCUT2D eigenvalue weighted by Crippen LogP contribution is -2.53. The van der Waals surface area contributed by atoms with Crippen molar-refractivity contribution in [3.8, 4) is 0 Å². The lowest BCUT2D eigenvalue weighted by atomic mass is 9.84. The van der Waals surface area contributed by atoms with Crippen molar-refractivity contribution in [2.75, 3.05) is 25.0 Å².